The van der Waals surface area contributed by atoms with Crippen molar-refractivity contribution in [3.05, 3.63) is 34.9 Å². The van der Waals surface area contributed by atoms with Gasteiger partial charge in [-0.25, -0.2) is 0 Å². The van der Waals surface area contributed by atoms with Crippen LogP contribution in [-0.4, -0.2) is 44.4 Å². The smallest absolute Gasteiger partial charge is 0.104 e. The quantitative estimate of drug-likeness (QED) is 0.832. The highest BCUT2D eigenvalue weighted by atomic mass is 35.5. The number of benzene rings is 1. The summed E-state index contributed by atoms with van der Waals surface area (Å²) in [6, 6.07) is 9.09. The van der Waals surface area contributed by atoms with Crippen LogP contribution in [-0.2, 0) is 11.3 Å². The van der Waals surface area contributed by atoms with Crippen LogP contribution in [0.1, 0.15) is 32.3 Å². The van der Waals surface area contributed by atoms with Gasteiger partial charge in [-0.3, -0.25) is 0 Å². The van der Waals surface area contributed by atoms with E-state index in [9.17, 15) is 0 Å². The minimum atomic E-state index is 0.409. The molecule has 0 aliphatic carbocycles. The normalized spacial score (nSPS) is 36.2. The molecule has 122 valence electrons. The third-order valence-electron chi connectivity index (χ3n) is 5.23. The van der Waals surface area contributed by atoms with Gasteiger partial charge in [0.25, 0.3) is 0 Å². The van der Waals surface area contributed by atoms with Gasteiger partial charge in [0.2, 0.25) is 0 Å². The van der Waals surface area contributed by atoms with Crippen molar-refractivity contribution in [3.8, 4) is 0 Å². The van der Waals surface area contributed by atoms with E-state index in [4.69, 9.17) is 16.3 Å². The van der Waals surface area contributed by atoms with Crippen LogP contribution in [0.25, 0.3) is 0 Å². The molecule has 2 atom stereocenters. The Hall–Kier alpha value is -0.610. The molecule has 2 aliphatic rings. The zero-order valence-corrected chi connectivity index (χ0v) is 14.5. The first-order valence-electron chi connectivity index (χ1n) is 8.69. The van der Waals surface area contributed by atoms with E-state index in [1.54, 1.807) is 9.80 Å². The fourth-order valence-electron chi connectivity index (χ4n) is 4.17. The number of morpholine rings is 1. The third kappa shape index (κ3) is 4.02. The predicted molar refractivity (Wildman–Crippen MR) is 89.6 cm³/mol. The van der Waals surface area contributed by atoms with Gasteiger partial charge in [-0.15, -0.1) is 0 Å². The summed E-state index contributed by atoms with van der Waals surface area (Å²) in [7, 11) is 0. The number of hydrogen-bond acceptors (Lipinski definition) is 1. The number of quaternary nitrogens is 2. The fourth-order valence-corrected chi connectivity index (χ4v) is 4.37. The van der Waals surface area contributed by atoms with Gasteiger partial charge in [0, 0.05) is 23.4 Å². The van der Waals surface area contributed by atoms with Crippen LogP contribution in [0.5, 0.6) is 0 Å². The van der Waals surface area contributed by atoms with Crippen LogP contribution in [0.15, 0.2) is 24.3 Å². The van der Waals surface area contributed by atoms with Crippen LogP contribution in [0, 0.1) is 0 Å². The molecule has 2 saturated heterocycles. The van der Waals surface area contributed by atoms with Gasteiger partial charge >= 0.3 is 0 Å². The molecule has 2 N–H and O–H groups in total. The van der Waals surface area contributed by atoms with E-state index in [2.05, 4.69) is 26.0 Å². The van der Waals surface area contributed by atoms with E-state index in [-0.39, 0.29) is 0 Å². The van der Waals surface area contributed by atoms with Gasteiger partial charge in [-0.2, -0.15) is 0 Å². The maximum atomic E-state index is 6.29. The van der Waals surface area contributed by atoms with E-state index >= 15 is 0 Å². The van der Waals surface area contributed by atoms with E-state index < -0.39 is 0 Å². The van der Waals surface area contributed by atoms with Crippen LogP contribution in [0.4, 0.5) is 0 Å². The van der Waals surface area contributed by atoms with Crippen LogP contribution in [0.2, 0.25) is 5.02 Å². The molecule has 3 nitrogen and oxygen atoms in total. The second-order valence-corrected chi connectivity index (χ2v) is 7.52. The van der Waals surface area contributed by atoms with Crippen molar-refractivity contribution in [1.82, 2.24) is 0 Å². The van der Waals surface area contributed by atoms with Crippen molar-refractivity contribution in [2.24, 2.45) is 0 Å². The molecule has 0 bridgehead atoms. The maximum absolute atomic E-state index is 6.29. The van der Waals surface area contributed by atoms with Crippen LogP contribution < -0.4 is 9.80 Å². The predicted octanol–water partition coefficient (Wildman–Crippen LogP) is 0.579. The molecule has 0 unspecified atom stereocenters. The molecule has 0 spiro atoms. The summed E-state index contributed by atoms with van der Waals surface area (Å²) in [5, 5.41) is 0.915. The van der Waals surface area contributed by atoms with Crippen molar-refractivity contribution in [3.63, 3.8) is 0 Å². The second kappa shape index (κ2) is 7.31. The molecule has 1 aromatic carbocycles. The highest BCUT2D eigenvalue weighted by Crippen LogP contribution is 2.13. The Morgan fingerprint density at radius 1 is 1.09 bits per heavy atom. The van der Waals surface area contributed by atoms with Crippen molar-refractivity contribution in [2.45, 2.75) is 51.5 Å². The number of rotatable bonds is 3. The Morgan fingerprint density at radius 2 is 1.73 bits per heavy atom. The molecule has 2 aliphatic heterocycles. The molecule has 2 fully saturated rings. The summed E-state index contributed by atoms with van der Waals surface area (Å²) in [6.07, 6.45) is 3.47. The molecule has 1 aromatic rings. The lowest BCUT2D eigenvalue weighted by atomic mass is 10.0. The van der Waals surface area contributed by atoms with Gasteiger partial charge in [-0.1, -0.05) is 29.8 Å². The number of nitrogens with one attached hydrogen (secondary N) is 2. The molecule has 22 heavy (non-hydrogen) atoms. The molecule has 3 rings (SSSR count). The average molecular weight is 325 g/mol. The summed E-state index contributed by atoms with van der Waals surface area (Å²) in [5.41, 5.74) is 1.29. The number of likely N-dealkylation sites (tertiary alicyclic amines) is 1. The van der Waals surface area contributed by atoms with Gasteiger partial charge < -0.3 is 14.5 Å². The van der Waals surface area contributed by atoms with E-state index in [1.165, 1.54) is 44.6 Å². The SMILES string of the molecule is C[C@@H]1C[NH+](C2CC[NH+](Cc3ccccc3Cl)CC2)C[C@@H](C)O1. The largest absolute Gasteiger partial charge is 0.364 e. The monoisotopic (exact) mass is 324 g/mol. The topological polar surface area (TPSA) is 18.1 Å². The molecular formula is C18H29ClN2O+2. The Balaban J connectivity index is 1.51. The van der Waals surface area contributed by atoms with E-state index in [0.717, 1.165) is 17.6 Å². The lowest BCUT2D eigenvalue weighted by Gasteiger charge is -2.39. The number of piperidine rings is 1. The third-order valence-corrected chi connectivity index (χ3v) is 5.60. The lowest BCUT2D eigenvalue weighted by molar-refractivity contribution is -0.970. The van der Waals surface area contributed by atoms with E-state index in [1.807, 2.05) is 12.1 Å². The standard InChI is InChI=1S/C18H27ClN2O/c1-14-11-21(12-15(2)22-14)17-7-9-20(10-8-17)13-16-5-3-4-6-18(16)19/h3-6,14-15,17H,7-13H2,1-2H3/p+2/t14-,15-/m1/s1. The molecule has 2 heterocycles. The summed E-state index contributed by atoms with van der Waals surface area (Å²) in [6.45, 7) is 10.4. The summed E-state index contributed by atoms with van der Waals surface area (Å²) in [5.74, 6) is 0. The molecule has 0 saturated carbocycles. The maximum Gasteiger partial charge on any atom is 0.104 e. The Bertz CT molecular complexity index is 478. The molecule has 0 amide bonds. The Kier molecular flexibility index (Phi) is 5.40. The minimum Gasteiger partial charge on any atom is -0.364 e. The Labute approximate surface area is 139 Å². The summed E-state index contributed by atoms with van der Waals surface area (Å²) < 4.78 is 5.88. The van der Waals surface area contributed by atoms with Crippen molar-refractivity contribution < 1.29 is 14.5 Å². The van der Waals surface area contributed by atoms with Gasteiger partial charge in [0.05, 0.1) is 19.1 Å². The highest BCUT2D eigenvalue weighted by Gasteiger charge is 2.35. The minimum absolute atomic E-state index is 0.409. The first-order chi connectivity index (χ1) is 10.6. The first kappa shape index (κ1) is 16.3. The van der Waals surface area contributed by atoms with Gasteiger partial charge in [0.1, 0.15) is 31.8 Å². The van der Waals surface area contributed by atoms with E-state index in [0.29, 0.717) is 12.2 Å². The molecule has 0 radical (unpaired) electrons. The van der Waals surface area contributed by atoms with Crippen LogP contribution >= 0.6 is 11.6 Å². The molecule has 4 heteroatoms. The van der Waals surface area contributed by atoms with Gasteiger partial charge in [-0.05, 0) is 19.9 Å². The number of halogens is 1. The molecular weight excluding hydrogens is 296 g/mol. The average Bonchev–Trinajstić information content (AvgIpc) is 2.49. The Morgan fingerprint density at radius 3 is 2.36 bits per heavy atom. The van der Waals surface area contributed by atoms with Crippen LogP contribution in [0.3, 0.4) is 0 Å². The summed E-state index contributed by atoms with van der Waals surface area (Å²) >= 11 is 6.29. The summed E-state index contributed by atoms with van der Waals surface area (Å²) in [4.78, 5) is 3.45. The zero-order valence-electron chi connectivity index (χ0n) is 13.8. The van der Waals surface area contributed by atoms with Crippen molar-refractivity contribution >= 4 is 11.6 Å². The fraction of sp³-hybridized carbons (Fsp3) is 0.667. The number of ether oxygens (including phenoxy) is 1. The first-order valence-corrected chi connectivity index (χ1v) is 9.06. The van der Waals surface area contributed by atoms with Crippen molar-refractivity contribution in [2.75, 3.05) is 26.2 Å². The molecule has 0 aromatic heterocycles. The van der Waals surface area contributed by atoms with Crippen molar-refractivity contribution in [1.29, 1.82) is 0 Å². The number of hydrogen-bond donors (Lipinski definition) is 2. The second-order valence-electron chi connectivity index (χ2n) is 7.12. The zero-order chi connectivity index (χ0) is 15.5. The highest BCUT2D eigenvalue weighted by molar-refractivity contribution is 6.31. The lowest BCUT2D eigenvalue weighted by Crippen LogP contribution is -3.22. The van der Waals surface area contributed by atoms with Gasteiger partial charge in [0.15, 0.2) is 0 Å².